The molecule has 0 saturated carbocycles. The number of nitrogens with zero attached hydrogens (tertiary/aromatic N) is 1. The molecule has 0 aromatic heterocycles. The van der Waals surface area contributed by atoms with Crippen LogP contribution >= 0.6 is 0 Å². The maximum Gasteiger partial charge on any atom is 0.126 e. The molecular formula is C17H18FN. The van der Waals surface area contributed by atoms with Gasteiger partial charge in [0.25, 0.3) is 0 Å². The van der Waals surface area contributed by atoms with Crippen molar-refractivity contribution in [2.24, 2.45) is 4.99 Å². The molecule has 1 nitrogen and oxygen atoms in total. The predicted molar refractivity (Wildman–Crippen MR) is 78.2 cm³/mol. The van der Waals surface area contributed by atoms with Crippen molar-refractivity contribution in [3.63, 3.8) is 0 Å². The highest BCUT2D eigenvalue weighted by Gasteiger charge is 2.06. The van der Waals surface area contributed by atoms with Crippen molar-refractivity contribution in [3.05, 3.63) is 71.0 Å². The lowest BCUT2D eigenvalue weighted by Gasteiger charge is -2.09. The number of rotatable bonds is 3. The molecule has 0 unspecified atom stereocenters. The Morgan fingerprint density at radius 3 is 2.42 bits per heavy atom. The highest BCUT2D eigenvalue weighted by Crippen LogP contribution is 2.18. The molecule has 2 heteroatoms. The van der Waals surface area contributed by atoms with Crippen molar-refractivity contribution >= 4 is 5.71 Å². The van der Waals surface area contributed by atoms with E-state index in [2.05, 4.69) is 17.1 Å². The molecule has 0 amide bonds. The summed E-state index contributed by atoms with van der Waals surface area (Å²) >= 11 is 0. The van der Waals surface area contributed by atoms with Crippen molar-refractivity contribution in [3.8, 4) is 0 Å². The van der Waals surface area contributed by atoms with Gasteiger partial charge in [-0.1, -0.05) is 42.5 Å². The third-order valence-corrected chi connectivity index (χ3v) is 3.26. The summed E-state index contributed by atoms with van der Waals surface area (Å²) in [5.74, 6) is -0.181. The molecule has 0 bridgehead atoms. The molecule has 98 valence electrons. The summed E-state index contributed by atoms with van der Waals surface area (Å²) in [6, 6.07) is 15.4. The molecule has 1 atom stereocenters. The summed E-state index contributed by atoms with van der Waals surface area (Å²) in [7, 11) is 0. The van der Waals surface area contributed by atoms with Crippen LogP contribution in [0.2, 0.25) is 0 Å². The van der Waals surface area contributed by atoms with Crippen LogP contribution in [0.25, 0.3) is 0 Å². The minimum Gasteiger partial charge on any atom is -0.282 e. The second kappa shape index (κ2) is 5.79. The second-order valence-electron chi connectivity index (χ2n) is 4.77. The molecule has 19 heavy (non-hydrogen) atoms. The van der Waals surface area contributed by atoms with Crippen LogP contribution < -0.4 is 0 Å². The second-order valence-corrected chi connectivity index (χ2v) is 4.77. The predicted octanol–water partition coefficient (Wildman–Crippen LogP) is 4.70. The van der Waals surface area contributed by atoms with E-state index >= 15 is 0 Å². The molecule has 0 saturated heterocycles. The number of aryl methyl sites for hydroxylation is 1. The summed E-state index contributed by atoms with van der Waals surface area (Å²) in [5.41, 5.74) is 3.52. The minimum absolute atomic E-state index is 0.0746. The average molecular weight is 255 g/mol. The summed E-state index contributed by atoms with van der Waals surface area (Å²) < 4.78 is 13.5. The van der Waals surface area contributed by atoms with Gasteiger partial charge in [0.05, 0.1) is 6.04 Å². The highest BCUT2D eigenvalue weighted by molar-refractivity contribution is 5.98. The quantitative estimate of drug-likeness (QED) is 0.705. The molecule has 0 aliphatic heterocycles. The van der Waals surface area contributed by atoms with Crippen LogP contribution in [0.3, 0.4) is 0 Å². The molecular weight excluding hydrogens is 237 g/mol. The van der Waals surface area contributed by atoms with Crippen molar-refractivity contribution < 1.29 is 4.39 Å². The third-order valence-electron chi connectivity index (χ3n) is 3.26. The Labute approximate surface area is 113 Å². The molecule has 0 N–H and O–H groups in total. The Hall–Kier alpha value is -1.96. The van der Waals surface area contributed by atoms with Crippen LogP contribution in [0.1, 0.15) is 36.6 Å². The number of aliphatic imine (C=N–C) groups is 1. The van der Waals surface area contributed by atoms with E-state index in [1.807, 2.05) is 38.1 Å². The standard InChI is InChI=1S/C17H18FN/c1-12-9-10-16(11-17(12)18)14(3)19-13(2)15-7-5-4-6-8-15/h4-11,13H,1-3H3/t13-/m0/s1. The fraction of sp³-hybridized carbons (Fsp3) is 0.235. The van der Waals surface area contributed by atoms with E-state index < -0.39 is 0 Å². The average Bonchev–Trinajstić information content (AvgIpc) is 2.42. The Kier molecular flexibility index (Phi) is 4.10. The largest absolute Gasteiger partial charge is 0.282 e. The smallest absolute Gasteiger partial charge is 0.126 e. The fourth-order valence-corrected chi connectivity index (χ4v) is 1.99. The van der Waals surface area contributed by atoms with E-state index in [4.69, 9.17) is 0 Å². The van der Waals surface area contributed by atoms with Crippen molar-refractivity contribution in [2.45, 2.75) is 26.8 Å². The fourth-order valence-electron chi connectivity index (χ4n) is 1.99. The van der Waals surface area contributed by atoms with Crippen molar-refractivity contribution in [1.82, 2.24) is 0 Å². The molecule has 0 fully saturated rings. The van der Waals surface area contributed by atoms with Crippen molar-refractivity contribution in [1.29, 1.82) is 0 Å². The first-order valence-corrected chi connectivity index (χ1v) is 6.44. The van der Waals surface area contributed by atoms with Gasteiger partial charge in [0, 0.05) is 5.71 Å². The summed E-state index contributed by atoms with van der Waals surface area (Å²) in [6.07, 6.45) is 0. The van der Waals surface area contributed by atoms with Crippen LogP contribution in [-0.4, -0.2) is 5.71 Å². The zero-order valence-electron chi connectivity index (χ0n) is 11.5. The Morgan fingerprint density at radius 2 is 1.79 bits per heavy atom. The maximum atomic E-state index is 13.5. The van der Waals surface area contributed by atoms with Gasteiger partial charge in [0.1, 0.15) is 5.82 Å². The highest BCUT2D eigenvalue weighted by atomic mass is 19.1. The van der Waals surface area contributed by atoms with Gasteiger partial charge in [-0.15, -0.1) is 0 Å². The van der Waals surface area contributed by atoms with E-state index in [9.17, 15) is 4.39 Å². The lowest BCUT2D eigenvalue weighted by atomic mass is 10.1. The Morgan fingerprint density at radius 1 is 1.11 bits per heavy atom. The molecule has 0 spiro atoms. The monoisotopic (exact) mass is 255 g/mol. The number of hydrogen-bond acceptors (Lipinski definition) is 1. The van der Waals surface area contributed by atoms with Crippen LogP contribution in [0.4, 0.5) is 4.39 Å². The number of halogens is 1. The van der Waals surface area contributed by atoms with Gasteiger partial charge in [-0.25, -0.2) is 4.39 Å². The first kappa shape index (κ1) is 13.5. The lowest BCUT2D eigenvalue weighted by molar-refractivity contribution is 0.618. The van der Waals surface area contributed by atoms with Gasteiger partial charge in [-0.2, -0.15) is 0 Å². The zero-order chi connectivity index (χ0) is 13.8. The zero-order valence-corrected chi connectivity index (χ0v) is 11.5. The van der Waals surface area contributed by atoms with Gasteiger partial charge in [-0.3, -0.25) is 4.99 Å². The molecule has 2 rings (SSSR count). The van der Waals surface area contributed by atoms with E-state index in [1.54, 1.807) is 19.1 Å². The first-order chi connectivity index (χ1) is 9.08. The van der Waals surface area contributed by atoms with E-state index in [-0.39, 0.29) is 11.9 Å². The molecule has 2 aromatic rings. The molecule has 2 aromatic carbocycles. The van der Waals surface area contributed by atoms with Crippen LogP contribution in [0.5, 0.6) is 0 Å². The topological polar surface area (TPSA) is 12.4 Å². The molecule has 0 radical (unpaired) electrons. The maximum absolute atomic E-state index is 13.5. The Bertz CT molecular complexity index is 587. The van der Waals surface area contributed by atoms with Crippen LogP contribution in [0.15, 0.2) is 53.5 Å². The SMILES string of the molecule is CC(=N[C@@H](C)c1ccccc1)c1ccc(C)c(F)c1. The summed E-state index contributed by atoms with van der Waals surface area (Å²) in [4.78, 5) is 4.64. The number of benzene rings is 2. The molecule has 0 heterocycles. The van der Waals surface area contributed by atoms with E-state index in [0.717, 1.165) is 16.8 Å². The van der Waals surface area contributed by atoms with Gasteiger partial charge < -0.3 is 0 Å². The van der Waals surface area contributed by atoms with Gasteiger partial charge in [-0.05, 0) is 43.5 Å². The first-order valence-electron chi connectivity index (χ1n) is 6.44. The van der Waals surface area contributed by atoms with Gasteiger partial charge in [0.15, 0.2) is 0 Å². The van der Waals surface area contributed by atoms with Gasteiger partial charge >= 0.3 is 0 Å². The van der Waals surface area contributed by atoms with Crippen molar-refractivity contribution in [2.75, 3.05) is 0 Å². The van der Waals surface area contributed by atoms with E-state index in [0.29, 0.717) is 5.56 Å². The third kappa shape index (κ3) is 3.28. The Balaban J connectivity index is 2.25. The van der Waals surface area contributed by atoms with Gasteiger partial charge in [0.2, 0.25) is 0 Å². The lowest BCUT2D eigenvalue weighted by Crippen LogP contribution is -2.00. The van der Waals surface area contributed by atoms with Crippen LogP contribution in [-0.2, 0) is 0 Å². The number of hydrogen-bond donors (Lipinski definition) is 0. The summed E-state index contributed by atoms with van der Waals surface area (Å²) in [5, 5.41) is 0. The molecule has 0 aliphatic carbocycles. The van der Waals surface area contributed by atoms with Crippen LogP contribution in [0, 0.1) is 12.7 Å². The van der Waals surface area contributed by atoms with E-state index in [1.165, 1.54) is 0 Å². The molecule has 0 aliphatic rings. The normalized spacial score (nSPS) is 13.4. The summed E-state index contributed by atoms with van der Waals surface area (Å²) in [6.45, 7) is 5.73. The minimum atomic E-state index is -0.181.